The van der Waals surface area contributed by atoms with Crippen LogP contribution in [0.25, 0.3) is 0 Å². The van der Waals surface area contributed by atoms with Gasteiger partial charge in [0.1, 0.15) is 5.82 Å². The van der Waals surface area contributed by atoms with Crippen molar-refractivity contribution in [3.05, 3.63) is 22.3 Å². The van der Waals surface area contributed by atoms with Crippen LogP contribution in [0.1, 0.15) is 18.4 Å². The summed E-state index contributed by atoms with van der Waals surface area (Å²) in [6.45, 7) is 4.71. The quantitative estimate of drug-likeness (QED) is 0.876. The minimum Gasteiger partial charge on any atom is -0.383 e. The highest BCUT2D eigenvalue weighted by Gasteiger charge is 2.33. The Morgan fingerprint density at radius 1 is 1.61 bits per heavy atom. The second-order valence-corrected chi connectivity index (χ2v) is 5.77. The van der Waals surface area contributed by atoms with Crippen LogP contribution < -0.4 is 10.6 Å². The predicted octanol–water partition coefficient (Wildman–Crippen LogP) is 2.33. The summed E-state index contributed by atoms with van der Waals surface area (Å²) in [5.74, 6) is 0.917. The van der Waals surface area contributed by atoms with Crippen molar-refractivity contribution in [1.82, 2.24) is 10.3 Å². The van der Waals surface area contributed by atoms with E-state index in [2.05, 4.69) is 44.5 Å². The molecule has 100 valence electrons. The molecule has 1 unspecified atom stereocenters. The van der Waals surface area contributed by atoms with E-state index in [1.165, 1.54) is 12.0 Å². The van der Waals surface area contributed by atoms with Crippen molar-refractivity contribution >= 4 is 21.7 Å². The zero-order chi connectivity index (χ0) is 13.0. The largest absolute Gasteiger partial charge is 0.383 e. The average Bonchev–Trinajstić information content (AvgIpc) is 2.80. The molecule has 1 aromatic rings. The molecular weight excluding hydrogens is 294 g/mol. The van der Waals surface area contributed by atoms with E-state index >= 15 is 0 Å². The summed E-state index contributed by atoms with van der Waals surface area (Å²) < 4.78 is 6.37. The van der Waals surface area contributed by atoms with Crippen LogP contribution in [0.15, 0.2) is 16.7 Å². The minimum absolute atomic E-state index is 0.0530. The molecule has 0 spiro atoms. The van der Waals surface area contributed by atoms with Crippen LogP contribution in [0, 0.1) is 6.92 Å². The van der Waals surface area contributed by atoms with Gasteiger partial charge in [-0.1, -0.05) is 0 Å². The van der Waals surface area contributed by atoms with Gasteiger partial charge in [-0.3, -0.25) is 0 Å². The van der Waals surface area contributed by atoms with Gasteiger partial charge in [0.15, 0.2) is 0 Å². The van der Waals surface area contributed by atoms with Crippen LogP contribution in [-0.2, 0) is 4.74 Å². The number of aryl methyl sites for hydroxylation is 1. The number of anilines is 1. The summed E-state index contributed by atoms with van der Waals surface area (Å²) in [5, 5.41) is 6.95. The zero-order valence-electron chi connectivity index (χ0n) is 10.9. The van der Waals surface area contributed by atoms with Gasteiger partial charge >= 0.3 is 0 Å². The molecule has 1 aliphatic rings. The standard InChI is InChI=1S/C13H20BrN3O/c1-10-6-12(15-7-11(10)14)16-8-13(9-18-2)4-3-5-17-13/h6-7,17H,3-5,8-9H2,1-2H3,(H,15,16). The molecule has 1 atom stereocenters. The van der Waals surface area contributed by atoms with E-state index in [-0.39, 0.29) is 5.54 Å². The van der Waals surface area contributed by atoms with E-state index < -0.39 is 0 Å². The highest BCUT2D eigenvalue weighted by atomic mass is 79.9. The first-order valence-corrected chi connectivity index (χ1v) is 7.04. The number of hydrogen-bond donors (Lipinski definition) is 2. The average molecular weight is 314 g/mol. The molecule has 4 nitrogen and oxygen atoms in total. The Labute approximate surface area is 117 Å². The number of nitrogens with one attached hydrogen (secondary N) is 2. The van der Waals surface area contributed by atoms with Gasteiger partial charge in [-0.2, -0.15) is 0 Å². The third kappa shape index (κ3) is 3.22. The van der Waals surface area contributed by atoms with Crippen LogP contribution in [-0.4, -0.2) is 37.3 Å². The Hall–Kier alpha value is -0.650. The van der Waals surface area contributed by atoms with E-state index in [0.717, 1.165) is 36.4 Å². The molecule has 1 saturated heterocycles. The van der Waals surface area contributed by atoms with Crippen molar-refractivity contribution in [2.75, 3.05) is 32.1 Å². The van der Waals surface area contributed by atoms with Crippen molar-refractivity contribution in [2.45, 2.75) is 25.3 Å². The van der Waals surface area contributed by atoms with Crippen LogP contribution >= 0.6 is 15.9 Å². The number of hydrogen-bond acceptors (Lipinski definition) is 4. The fourth-order valence-corrected chi connectivity index (χ4v) is 2.58. The van der Waals surface area contributed by atoms with Gasteiger partial charge in [0.25, 0.3) is 0 Å². The number of rotatable bonds is 5. The molecule has 18 heavy (non-hydrogen) atoms. The van der Waals surface area contributed by atoms with Crippen molar-refractivity contribution in [2.24, 2.45) is 0 Å². The lowest BCUT2D eigenvalue weighted by Crippen LogP contribution is -2.49. The molecule has 5 heteroatoms. The smallest absolute Gasteiger partial charge is 0.126 e. The van der Waals surface area contributed by atoms with Gasteiger partial charge in [0.05, 0.1) is 12.1 Å². The first kappa shape index (κ1) is 13.8. The van der Waals surface area contributed by atoms with Crippen molar-refractivity contribution < 1.29 is 4.74 Å². The molecule has 2 rings (SSSR count). The summed E-state index contributed by atoms with van der Waals surface area (Å²) in [7, 11) is 1.75. The van der Waals surface area contributed by atoms with Gasteiger partial charge in [0.2, 0.25) is 0 Å². The molecular formula is C13H20BrN3O. The maximum Gasteiger partial charge on any atom is 0.126 e. The van der Waals surface area contributed by atoms with Crippen LogP contribution in [0.4, 0.5) is 5.82 Å². The number of methoxy groups -OCH3 is 1. The topological polar surface area (TPSA) is 46.2 Å². The molecule has 0 aromatic carbocycles. The number of ether oxygens (including phenoxy) is 1. The molecule has 1 aromatic heterocycles. The van der Waals surface area contributed by atoms with Crippen molar-refractivity contribution in [1.29, 1.82) is 0 Å². The fraction of sp³-hybridized carbons (Fsp3) is 0.615. The Kier molecular flexibility index (Phi) is 4.59. The Morgan fingerprint density at radius 2 is 2.44 bits per heavy atom. The first-order chi connectivity index (χ1) is 8.65. The maximum atomic E-state index is 5.33. The lowest BCUT2D eigenvalue weighted by Gasteiger charge is -2.29. The summed E-state index contributed by atoms with van der Waals surface area (Å²) >= 11 is 3.46. The number of halogens is 1. The third-order valence-electron chi connectivity index (χ3n) is 3.41. The molecule has 1 fully saturated rings. The fourth-order valence-electron chi connectivity index (χ4n) is 2.37. The Balaban J connectivity index is 1.98. The number of nitrogens with zero attached hydrogens (tertiary/aromatic N) is 1. The summed E-state index contributed by atoms with van der Waals surface area (Å²) in [4.78, 5) is 4.36. The number of aromatic nitrogens is 1. The van der Waals surface area contributed by atoms with Crippen LogP contribution in [0.5, 0.6) is 0 Å². The Bertz CT molecular complexity index is 405. The Morgan fingerprint density at radius 3 is 3.06 bits per heavy atom. The van der Waals surface area contributed by atoms with Crippen LogP contribution in [0.2, 0.25) is 0 Å². The molecule has 2 heterocycles. The molecule has 0 bridgehead atoms. The maximum absolute atomic E-state index is 5.33. The van der Waals surface area contributed by atoms with Gasteiger partial charge in [-0.15, -0.1) is 0 Å². The second kappa shape index (κ2) is 5.99. The second-order valence-electron chi connectivity index (χ2n) is 4.92. The molecule has 0 amide bonds. The lowest BCUT2D eigenvalue weighted by atomic mass is 9.98. The minimum atomic E-state index is 0.0530. The van der Waals surface area contributed by atoms with E-state index in [1.54, 1.807) is 7.11 Å². The van der Waals surface area contributed by atoms with E-state index in [1.807, 2.05) is 6.20 Å². The molecule has 1 aliphatic heterocycles. The first-order valence-electron chi connectivity index (χ1n) is 6.25. The monoisotopic (exact) mass is 313 g/mol. The van der Waals surface area contributed by atoms with Gasteiger partial charge in [0, 0.05) is 24.3 Å². The highest BCUT2D eigenvalue weighted by Crippen LogP contribution is 2.22. The van der Waals surface area contributed by atoms with E-state index in [9.17, 15) is 0 Å². The normalized spacial score (nSPS) is 23.3. The van der Waals surface area contributed by atoms with E-state index in [4.69, 9.17) is 4.74 Å². The predicted molar refractivity (Wildman–Crippen MR) is 77.0 cm³/mol. The summed E-state index contributed by atoms with van der Waals surface area (Å²) in [6.07, 6.45) is 4.18. The van der Waals surface area contributed by atoms with Crippen molar-refractivity contribution in [3.63, 3.8) is 0 Å². The molecule has 2 N–H and O–H groups in total. The highest BCUT2D eigenvalue weighted by molar-refractivity contribution is 9.10. The summed E-state index contributed by atoms with van der Waals surface area (Å²) in [6, 6.07) is 2.06. The molecule has 0 saturated carbocycles. The van der Waals surface area contributed by atoms with Gasteiger partial charge in [-0.05, 0) is 53.9 Å². The van der Waals surface area contributed by atoms with Gasteiger partial charge < -0.3 is 15.4 Å². The molecule has 0 radical (unpaired) electrons. The zero-order valence-corrected chi connectivity index (χ0v) is 12.5. The van der Waals surface area contributed by atoms with Crippen LogP contribution in [0.3, 0.4) is 0 Å². The lowest BCUT2D eigenvalue weighted by molar-refractivity contribution is 0.127. The van der Waals surface area contributed by atoms with E-state index in [0.29, 0.717) is 0 Å². The summed E-state index contributed by atoms with van der Waals surface area (Å²) in [5.41, 5.74) is 1.24. The molecule has 0 aliphatic carbocycles. The third-order valence-corrected chi connectivity index (χ3v) is 4.24. The number of pyridine rings is 1. The van der Waals surface area contributed by atoms with Gasteiger partial charge in [-0.25, -0.2) is 4.98 Å². The van der Waals surface area contributed by atoms with Crippen molar-refractivity contribution in [3.8, 4) is 0 Å². The SMILES string of the molecule is COCC1(CNc2cc(C)c(Br)cn2)CCCN1.